The zero-order chi connectivity index (χ0) is 7.56. The first-order valence-corrected chi connectivity index (χ1v) is 4.05. The maximum absolute atomic E-state index is 5.47. The first-order valence-electron chi connectivity index (χ1n) is 4.05. The van der Waals surface area contributed by atoms with E-state index in [1.54, 1.807) is 0 Å². The molecule has 0 aromatic rings. The van der Waals surface area contributed by atoms with E-state index in [0.29, 0.717) is 12.6 Å². The average Bonchev–Trinajstić information content (AvgIpc) is 2.34. The van der Waals surface area contributed by atoms with E-state index < -0.39 is 0 Å². The molecule has 0 radical (unpaired) electrons. The molecule has 0 aliphatic carbocycles. The third-order valence-corrected chi connectivity index (χ3v) is 2.32. The SMILES string of the molecule is CC(C)[C@H]1CO[C@H](CN)C1. The van der Waals surface area contributed by atoms with Crippen molar-refractivity contribution in [1.82, 2.24) is 0 Å². The van der Waals surface area contributed by atoms with Crippen molar-refractivity contribution in [2.45, 2.75) is 26.4 Å². The van der Waals surface area contributed by atoms with Crippen LogP contribution in [0.3, 0.4) is 0 Å². The van der Waals surface area contributed by atoms with Crippen LogP contribution in [0.2, 0.25) is 0 Å². The third-order valence-electron chi connectivity index (χ3n) is 2.32. The van der Waals surface area contributed by atoms with Crippen molar-refractivity contribution >= 4 is 0 Å². The molecule has 0 aromatic heterocycles. The number of hydrogen-bond acceptors (Lipinski definition) is 2. The molecule has 2 atom stereocenters. The summed E-state index contributed by atoms with van der Waals surface area (Å²) < 4.78 is 5.45. The standard InChI is InChI=1S/C8H17NO/c1-6(2)7-3-8(4-9)10-5-7/h6-8H,3-5,9H2,1-2H3/t7-,8+/m1/s1. The van der Waals surface area contributed by atoms with E-state index in [9.17, 15) is 0 Å². The van der Waals surface area contributed by atoms with Gasteiger partial charge in [-0.1, -0.05) is 13.8 Å². The molecule has 2 N–H and O–H groups in total. The highest BCUT2D eigenvalue weighted by molar-refractivity contribution is 4.75. The van der Waals surface area contributed by atoms with Gasteiger partial charge >= 0.3 is 0 Å². The minimum absolute atomic E-state index is 0.340. The second-order valence-corrected chi connectivity index (χ2v) is 3.43. The molecule has 1 heterocycles. The second kappa shape index (κ2) is 3.35. The van der Waals surface area contributed by atoms with Crippen molar-refractivity contribution in [2.24, 2.45) is 17.6 Å². The summed E-state index contributed by atoms with van der Waals surface area (Å²) in [7, 11) is 0. The van der Waals surface area contributed by atoms with Crippen molar-refractivity contribution in [3.05, 3.63) is 0 Å². The number of hydrogen-bond donors (Lipinski definition) is 1. The van der Waals surface area contributed by atoms with Gasteiger partial charge in [0.1, 0.15) is 0 Å². The fourth-order valence-corrected chi connectivity index (χ4v) is 1.36. The quantitative estimate of drug-likeness (QED) is 0.626. The van der Waals surface area contributed by atoms with Crippen molar-refractivity contribution in [3.8, 4) is 0 Å². The first-order chi connectivity index (χ1) is 4.74. The van der Waals surface area contributed by atoms with Gasteiger partial charge in [0, 0.05) is 6.54 Å². The zero-order valence-electron chi connectivity index (χ0n) is 6.84. The summed E-state index contributed by atoms with van der Waals surface area (Å²) in [5.74, 6) is 1.49. The predicted octanol–water partition coefficient (Wildman–Crippen LogP) is 1.01. The van der Waals surface area contributed by atoms with Crippen LogP contribution in [0.15, 0.2) is 0 Å². The molecule has 60 valence electrons. The normalized spacial score (nSPS) is 33.6. The highest BCUT2D eigenvalue weighted by Crippen LogP contribution is 2.25. The molecular weight excluding hydrogens is 126 g/mol. The van der Waals surface area contributed by atoms with E-state index in [1.807, 2.05) is 0 Å². The summed E-state index contributed by atoms with van der Waals surface area (Å²) in [5, 5.41) is 0. The molecule has 2 heteroatoms. The van der Waals surface area contributed by atoms with Gasteiger partial charge < -0.3 is 10.5 Å². The minimum atomic E-state index is 0.340. The van der Waals surface area contributed by atoms with Crippen molar-refractivity contribution < 1.29 is 4.74 Å². The zero-order valence-corrected chi connectivity index (χ0v) is 6.84. The minimum Gasteiger partial charge on any atom is -0.377 e. The van der Waals surface area contributed by atoms with E-state index >= 15 is 0 Å². The largest absolute Gasteiger partial charge is 0.377 e. The second-order valence-electron chi connectivity index (χ2n) is 3.43. The molecule has 0 unspecified atom stereocenters. The van der Waals surface area contributed by atoms with Gasteiger partial charge in [0.25, 0.3) is 0 Å². The van der Waals surface area contributed by atoms with Gasteiger partial charge in [0.2, 0.25) is 0 Å². The fourth-order valence-electron chi connectivity index (χ4n) is 1.36. The van der Waals surface area contributed by atoms with Gasteiger partial charge in [-0.15, -0.1) is 0 Å². The maximum Gasteiger partial charge on any atom is 0.0701 e. The van der Waals surface area contributed by atoms with Crippen LogP contribution in [0.5, 0.6) is 0 Å². The Labute approximate surface area is 62.7 Å². The van der Waals surface area contributed by atoms with Crippen LogP contribution in [-0.4, -0.2) is 19.3 Å². The van der Waals surface area contributed by atoms with E-state index in [2.05, 4.69) is 13.8 Å². The molecule has 0 spiro atoms. The van der Waals surface area contributed by atoms with Crippen molar-refractivity contribution in [1.29, 1.82) is 0 Å². The number of nitrogens with two attached hydrogens (primary N) is 1. The molecule has 0 amide bonds. The summed E-state index contributed by atoms with van der Waals surface area (Å²) in [5.41, 5.74) is 5.47. The van der Waals surface area contributed by atoms with E-state index in [0.717, 1.165) is 24.9 Å². The molecule has 0 aromatic carbocycles. The molecule has 0 bridgehead atoms. The molecule has 1 rings (SSSR count). The summed E-state index contributed by atoms with van der Waals surface area (Å²) in [6.07, 6.45) is 1.50. The van der Waals surface area contributed by atoms with E-state index in [4.69, 9.17) is 10.5 Å². The molecule has 2 nitrogen and oxygen atoms in total. The first kappa shape index (κ1) is 8.02. The van der Waals surface area contributed by atoms with Crippen LogP contribution in [-0.2, 0) is 4.74 Å². The lowest BCUT2D eigenvalue weighted by atomic mass is 9.93. The molecule has 1 fully saturated rings. The Balaban J connectivity index is 2.28. The van der Waals surface area contributed by atoms with Crippen molar-refractivity contribution in [3.63, 3.8) is 0 Å². The Bertz CT molecular complexity index is 103. The van der Waals surface area contributed by atoms with E-state index in [1.165, 1.54) is 0 Å². The average molecular weight is 143 g/mol. The Morgan fingerprint density at radius 3 is 2.60 bits per heavy atom. The molecular formula is C8H17NO. The van der Waals surface area contributed by atoms with Gasteiger partial charge in [0.15, 0.2) is 0 Å². The van der Waals surface area contributed by atoms with Gasteiger partial charge in [-0.25, -0.2) is 0 Å². The molecule has 1 aliphatic heterocycles. The van der Waals surface area contributed by atoms with Crippen LogP contribution in [0.25, 0.3) is 0 Å². The summed E-state index contributed by atoms with van der Waals surface area (Å²) in [6.45, 7) is 6.09. The summed E-state index contributed by atoms with van der Waals surface area (Å²) in [4.78, 5) is 0. The van der Waals surface area contributed by atoms with Gasteiger partial charge in [0.05, 0.1) is 12.7 Å². The lowest BCUT2D eigenvalue weighted by molar-refractivity contribution is 0.109. The molecule has 0 saturated carbocycles. The highest BCUT2D eigenvalue weighted by Gasteiger charge is 2.26. The van der Waals surface area contributed by atoms with Crippen molar-refractivity contribution in [2.75, 3.05) is 13.2 Å². The predicted molar refractivity (Wildman–Crippen MR) is 41.7 cm³/mol. The van der Waals surface area contributed by atoms with Gasteiger partial charge in [-0.3, -0.25) is 0 Å². The Morgan fingerprint density at radius 2 is 2.30 bits per heavy atom. The summed E-state index contributed by atoms with van der Waals surface area (Å²) in [6, 6.07) is 0. The Morgan fingerprint density at radius 1 is 1.60 bits per heavy atom. The number of ether oxygens (including phenoxy) is 1. The molecule has 10 heavy (non-hydrogen) atoms. The van der Waals surface area contributed by atoms with Crippen LogP contribution in [0, 0.1) is 11.8 Å². The number of rotatable bonds is 2. The van der Waals surface area contributed by atoms with Crippen LogP contribution < -0.4 is 5.73 Å². The highest BCUT2D eigenvalue weighted by atomic mass is 16.5. The van der Waals surface area contributed by atoms with Gasteiger partial charge in [-0.2, -0.15) is 0 Å². The van der Waals surface area contributed by atoms with Crippen LogP contribution in [0.4, 0.5) is 0 Å². The maximum atomic E-state index is 5.47. The van der Waals surface area contributed by atoms with E-state index in [-0.39, 0.29) is 0 Å². The Hall–Kier alpha value is -0.0800. The van der Waals surface area contributed by atoms with Crippen LogP contribution >= 0.6 is 0 Å². The van der Waals surface area contributed by atoms with Crippen LogP contribution in [0.1, 0.15) is 20.3 Å². The topological polar surface area (TPSA) is 35.2 Å². The lowest BCUT2D eigenvalue weighted by Gasteiger charge is -2.10. The Kier molecular flexibility index (Phi) is 2.69. The monoisotopic (exact) mass is 143 g/mol. The third kappa shape index (κ3) is 1.70. The fraction of sp³-hybridized carbons (Fsp3) is 1.00. The molecule has 1 saturated heterocycles. The summed E-state index contributed by atoms with van der Waals surface area (Å²) >= 11 is 0. The lowest BCUT2D eigenvalue weighted by Crippen LogP contribution is -2.18. The molecule has 1 aliphatic rings. The van der Waals surface area contributed by atoms with Gasteiger partial charge in [-0.05, 0) is 18.3 Å². The smallest absolute Gasteiger partial charge is 0.0701 e.